The molecule has 0 bridgehead atoms. The summed E-state index contributed by atoms with van der Waals surface area (Å²) in [6.45, 7) is 6.53. The number of nitrogens with zero attached hydrogens (tertiary/aromatic N) is 6. The van der Waals surface area contributed by atoms with Gasteiger partial charge in [-0.25, -0.2) is 18.4 Å². The highest BCUT2D eigenvalue weighted by Gasteiger charge is 2.37. The lowest BCUT2D eigenvalue weighted by Gasteiger charge is -2.17. The SMILES string of the molecule is CCn1nc(C)c(S(=O)(=O)N2CC[C@H](Oc3nccnc3C#N)C2)c1C. The van der Waals surface area contributed by atoms with Crippen molar-refractivity contribution in [1.29, 1.82) is 5.26 Å². The molecule has 0 radical (unpaired) electrons. The van der Waals surface area contributed by atoms with Crippen LogP contribution >= 0.6 is 0 Å². The Kier molecular flexibility index (Phi) is 4.93. The molecule has 1 saturated heterocycles. The van der Waals surface area contributed by atoms with Gasteiger partial charge in [-0.05, 0) is 27.2 Å². The lowest BCUT2D eigenvalue weighted by molar-refractivity contribution is 0.205. The summed E-state index contributed by atoms with van der Waals surface area (Å²) in [4.78, 5) is 8.17. The van der Waals surface area contributed by atoms with E-state index in [-0.39, 0.29) is 29.1 Å². The van der Waals surface area contributed by atoms with Crippen molar-refractivity contribution in [3.05, 3.63) is 29.5 Å². The maximum absolute atomic E-state index is 13.1. The van der Waals surface area contributed by atoms with E-state index in [1.54, 1.807) is 18.5 Å². The molecule has 0 saturated carbocycles. The van der Waals surface area contributed by atoms with Crippen molar-refractivity contribution in [1.82, 2.24) is 24.1 Å². The predicted octanol–water partition coefficient (Wildman–Crippen LogP) is 1.02. The average Bonchev–Trinajstić information content (AvgIpc) is 3.20. The Bertz CT molecular complexity index is 963. The number of aryl methyl sites for hydroxylation is 2. The molecule has 3 rings (SSSR count). The summed E-state index contributed by atoms with van der Waals surface area (Å²) >= 11 is 0. The summed E-state index contributed by atoms with van der Waals surface area (Å²) in [5, 5.41) is 13.4. The van der Waals surface area contributed by atoms with Crippen molar-refractivity contribution in [3.63, 3.8) is 0 Å². The van der Waals surface area contributed by atoms with Crippen molar-refractivity contribution in [2.75, 3.05) is 13.1 Å². The smallest absolute Gasteiger partial charge is 0.251 e. The molecule has 0 amide bonds. The summed E-state index contributed by atoms with van der Waals surface area (Å²) in [5.74, 6) is 0.130. The second-order valence-corrected chi connectivity index (χ2v) is 7.90. The van der Waals surface area contributed by atoms with E-state index in [4.69, 9.17) is 10.00 Å². The van der Waals surface area contributed by atoms with Crippen LogP contribution in [0.5, 0.6) is 5.88 Å². The largest absolute Gasteiger partial charge is 0.471 e. The van der Waals surface area contributed by atoms with Crippen LogP contribution in [0, 0.1) is 25.2 Å². The lowest BCUT2D eigenvalue weighted by atomic mass is 10.3. The van der Waals surface area contributed by atoms with E-state index < -0.39 is 10.0 Å². The van der Waals surface area contributed by atoms with Gasteiger partial charge in [0, 0.05) is 25.5 Å². The van der Waals surface area contributed by atoms with Crippen LogP contribution < -0.4 is 4.74 Å². The Balaban J connectivity index is 1.80. The number of hydrogen-bond acceptors (Lipinski definition) is 7. The minimum Gasteiger partial charge on any atom is -0.471 e. The maximum atomic E-state index is 13.1. The highest BCUT2D eigenvalue weighted by atomic mass is 32.2. The zero-order valence-electron chi connectivity index (χ0n) is 14.9. The molecule has 1 aliphatic rings. The number of sulfonamides is 1. The molecule has 2 aromatic heterocycles. The Morgan fingerprint density at radius 2 is 2.08 bits per heavy atom. The Hall–Kier alpha value is -2.51. The van der Waals surface area contributed by atoms with Crippen LogP contribution in [0.4, 0.5) is 0 Å². The van der Waals surface area contributed by atoms with Gasteiger partial charge in [-0.15, -0.1) is 0 Å². The van der Waals surface area contributed by atoms with Gasteiger partial charge < -0.3 is 4.74 Å². The van der Waals surface area contributed by atoms with Crippen LogP contribution in [0.1, 0.15) is 30.4 Å². The maximum Gasteiger partial charge on any atom is 0.251 e. The van der Waals surface area contributed by atoms with Crippen molar-refractivity contribution in [3.8, 4) is 11.9 Å². The summed E-state index contributed by atoms with van der Waals surface area (Å²) in [7, 11) is -3.66. The average molecular weight is 376 g/mol. The quantitative estimate of drug-likeness (QED) is 0.765. The number of rotatable bonds is 5. The highest BCUT2D eigenvalue weighted by molar-refractivity contribution is 7.89. The van der Waals surface area contributed by atoms with Crippen molar-refractivity contribution >= 4 is 10.0 Å². The summed E-state index contributed by atoms with van der Waals surface area (Å²) in [5.41, 5.74) is 1.22. The van der Waals surface area contributed by atoms with Gasteiger partial charge >= 0.3 is 0 Å². The van der Waals surface area contributed by atoms with Gasteiger partial charge in [0.25, 0.3) is 5.88 Å². The molecule has 9 nitrogen and oxygen atoms in total. The van der Waals surface area contributed by atoms with Gasteiger partial charge in [0.15, 0.2) is 0 Å². The zero-order valence-corrected chi connectivity index (χ0v) is 15.7. The lowest BCUT2D eigenvalue weighted by Crippen LogP contribution is -2.32. The molecule has 1 aliphatic heterocycles. The minimum absolute atomic E-state index is 0.0877. The Labute approximate surface area is 152 Å². The van der Waals surface area contributed by atoms with Crippen molar-refractivity contribution in [2.45, 2.75) is 44.7 Å². The van der Waals surface area contributed by atoms with Gasteiger partial charge in [-0.1, -0.05) is 0 Å². The van der Waals surface area contributed by atoms with Gasteiger partial charge in [0.2, 0.25) is 15.7 Å². The third-order valence-electron chi connectivity index (χ3n) is 4.37. The summed E-state index contributed by atoms with van der Waals surface area (Å²) in [6, 6.07) is 1.92. The molecule has 26 heavy (non-hydrogen) atoms. The highest BCUT2D eigenvalue weighted by Crippen LogP contribution is 2.28. The predicted molar refractivity (Wildman–Crippen MR) is 91.9 cm³/mol. The van der Waals surface area contributed by atoms with Crippen molar-refractivity contribution < 1.29 is 13.2 Å². The molecular formula is C16H20N6O3S. The summed E-state index contributed by atoms with van der Waals surface area (Å²) in [6.07, 6.45) is 2.98. The molecule has 3 heterocycles. The molecular weight excluding hydrogens is 356 g/mol. The molecule has 0 aromatic carbocycles. The van der Waals surface area contributed by atoms with Crippen LogP contribution in [-0.2, 0) is 16.6 Å². The fourth-order valence-electron chi connectivity index (χ4n) is 3.15. The summed E-state index contributed by atoms with van der Waals surface area (Å²) < 4.78 is 34.9. The van der Waals surface area contributed by atoms with Crippen LogP contribution in [0.15, 0.2) is 17.3 Å². The second-order valence-electron chi connectivity index (χ2n) is 6.03. The zero-order chi connectivity index (χ0) is 18.9. The van der Waals surface area contributed by atoms with Crippen molar-refractivity contribution in [2.24, 2.45) is 0 Å². The van der Waals surface area contributed by atoms with E-state index in [9.17, 15) is 8.42 Å². The van der Waals surface area contributed by atoms with E-state index in [0.29, 0.717) is 30.9 Å². The van der Waals surface area contributed by atoms with E-state index in [1.165, 1.54) is 16.7 Å². The van der Waals surface area contributed by atoms with E-state index in [1.807, 2.05) is 13.0 Å². The second kappa shape index (κ2) is 7.01. The molecule has 138 valence electrons. The fourth-order valence-corrected chi connectivity index (χ4v) is 5.01. The Morgan fingerprint density at radius 3 is 2.73 bits per heavy atom. The first-order valence-corrected chi connectivity index (χ1v) is 9.74. The molecule has 10 heteroatoms. The van der Waals surface area contributed by atoms with E-state index in [2.05, 4.69) is 15.1 Å². The van der Waals surface area contributed by atoms with Crippen LogP contribution in [-0.4, -0.2) is 51.7 Å². The van der Waals surface area contributed by atoms with Gasteiger partial charge in [-0.3, -0.25) is 4.68 Å². The molecule has 2 aromatic rings. The van der Waals surface area contributed by atoms with Gasteiger partial charge in [0.05, 0.1) is 17.9 Å². The fraction of sp³-hybridized carbons (Fsp3) is 0.500. The topological polar surface area (TPSA) is 114 Å². The number of aromatic nitrogens is 4. The number of ether oxygens (including phenoxy) is 1. The van der Waals surface area contributed by atoms with Crippen LogP contribution in [0.2, 0.25) is 0 Å². The van der Waals surface area contributed by atoms with E-state index in [0.717, 1.165) is 0 Å². The monoisotopic (exact) mass is 376 g/mol. The minimum atomic E-state index is -3.66. The first kappa shape index (κ1) is 18.3. The molecule has 0 N–H and O–H groups in total. The van der Waals surface area contributed by atoms with E-state index >= 15 is 0 Å². The standard InChI is InChI=1S/C16H20N6O3S/c1-4-22-12(3)15(11(2)20-22)26(23,24)21-8-5-13(10-21)25-16-14(9-17)18-6-7-19-16/h6-7,13H,4-5,8,10H2,1-3H3/t13-/m0/s1. The molecule has 0 spiro atoms. The van der Waals surface area contributed by atoms with Crippen LogP contribution in [0.25, 0.3) is 0 Å². The molecule has 0 unspecified atom stereocenters. The first-order valence-electron chi connectivity index (χ1n) is 8.30. The van der Waals surface area contributed by atoms with Crippen LogP contribution in [0.3, 0.4) is 0 Å². The number of nitriles is 1. The molecule has 1 atom stereocenters. The Morgan fingerprint density at radius 1 is 1.35 bits per heavy atom. The van der Waals surface area contributed by atoms with Gasteiger partial charge in [-0.2, -0.15) is 14.7 Å². The third kappa shape index (κ3) is 3.15. The normalized spacial score (nSPS) is 18.0. The third-order valence-corrected chi connectivity index (χ3v) is 6.49. The van der Waals surface area contributed by atoms with Gasteiger partial charge in [0.1, 0.15) is 17.1 Å². The molecule has 0 aliphatic carbocycles. The first-order chi connectivity index (χ1) is 12.4. The number of hydrogen-bond donors (Lipinski definition) is 0. The molecule has 1 fully saturated rings.